The van der Waals surface area contributed by atoms with E-state index in [0.717, 1.165) is 57.8 Å². The van der Waals surface area contributed by atoms with Crippen molar-refractivity contribution in [1.29, 1.82) is 0 Å². The Hall–Kier alpha value is -1.72. The number of unbranched alkanes of at least 4 members (excludes halogenated alkanes) is 3. The number of hydrogen-bond donors (Lipinski definition) is 2. The number of carbonyl (C=O) groups is 1. The summed E-state index contributed by atoms with van der Waals surface area (Å²) in [4.78, 5) is 15.9. The smallest absolute Gasteiger partial charge is 0.231 e. The summed E-state index contributed by atoms with van der Waals surface area (Å²) in [5, 5.41) is 20.6. The van der Waals surface area contributed by atoms with E-state index in [1.165, 1.54) is 5.57 Å². The summed E-state index contributed by atoms with van der Waals surface area (Å²) in [7, 11) is 0. The van der Waals surface area contributed by atoms with E-state index < -0.39 is 6.10 Å². The van der Waals surface area contributed by atoms with Crippen LogP contribution in [0.25, 0.3) is 0 Å². The number of aliphatic hydroxyl groups is 2. The standard InChI is InChI=1S/C24H36N2O3/c1-2-3-4-8-20(27)10-11-21-22-15-18(14-19(22)16-23(21)28)7-5-6-9-24(29)26-13-12-25-17-26/h10-14,17,19-23,27-28H,2-9,15-16H2,1H3/t19?,20-,21?,22-,23+/m0/s1. The number of aliphatic hydroxyl groups excluding tert-OH is 2. The second-order valence-corrected chi connectivity index (χ2v) is 8.76. The lowest BCUT2D eigenvalue weighted by atomic mass is 9.88. The number of allylic oxidation sites excluding steroid dienone is 2. The van der Waals surface area contributed by atoms with Gasteiger partial charge in [0.2, 0.25) is 5.91 Å². The van der Waals surface area contributed by atoms with Crippen LogP contribution in [0.1, 0.15) is 75.9 Å². The molecule has 5 heteroatoms. The van der Waals surface area contributed by atoms with Crippen molar-refractivity contribution in [3.8, 4) is 0 Å². The minimum absolute atomic E-state index is 0.102. The van der Waals surface area contributed by atoms with Crippen LogP contribution in [0.4, 0.5) is 0 Å². The van der Waals surface area contributed by atoms with Crippen molar-refractivity contribution < 1.29 is 15.0 Å². The predicted molar refractivity (Wildman–Crippen MR) is 114 cm³/mol. The zero-order chi connectivity index (χ0) is 20.6. The van der Waals surface area contributed by atoms with E-state index in [9.17, 15) is 15.0 Å². The summed E-state index contributed by atoms with van der Waals surface area (Å²) in [6.07, 6.45) is 20.1. The van der Waals surface area contributed by atoms with Gasteiger partial charge in [0.15, 0.2) is 0 Å². The maximum absolute atomic E-state index is 12.0. The molecular formula is C24H36N2O3. The molecule has 29 heavy (non-hydrogen) atoms. The van der Waals surface area contributed by atoms with Crippen LogP contribution >= 0.6 is 0 Å². The van der Waals surface area contributed by atoms with Gasteiger partial charge in [0, 0.05) is 24.7 Å². The third-order valence-corrected chi connectivity index (χ3v) is 6.54. The Morgan fingerprint density at radius 1 is 1.34 bits per heavy atom. The van der Waals surface area contributed by atoms with Crippen molar-refractivity contribution in [3.63, 3.8) is 0 Å². The van der Waals surface area contributed by atoms with Crippen LogP contribution in [0.15, 0.2) is 42.5 Å². The topological polar surface area (TPSA) is 75.3 Å². The van der Waals surface area contributed by atoms with Crippen molar-refractivity contribution in [3.05, 3.63) is 42.5 Å². The average molecular weight is 401 g/mol. The third-order valence-electron chi connectivity index (χ3n) is 6.54. The van der Waals surface area contributed by atoms with Gasteiger partial charge >= 0.3 is 0 Å². The van der Waals surface area contributed by atoms with E-state index >= 15 is 0 Å². The molecule has 5 atom stereocenters. The first-order chi connectivity index (χ1) is 14.1. The molecule has 1 fully saturated rings. The monoisotopic (exact) mass is 400 g/mol. The molecule has 1 heterocycles. The molecule has 2 aliphatic carbocycles. The van der Waals surface area contributed by atoms with Crippen molar-refractivity contribution in [1.82, 2.24) is 9.55 Å². The number of rotatable bonds is 11. The van der Waals surface area contributed by atoms with Gasteiger partial charge in [-0.2, -0.15) is 0 Å². The van der Waals surface area contributed by atoms with Crippen LogP contribution in [-0.4, -0.2) is 37.9 Å². The van der Waals surface area contributed by atoms with Crippen LogP contribution < -0.4 is 0 Å². The van der Waals surface area contributed by atoms with Gasteiger partial charge < -0.3 is 10.2 Å². The second kappa shape index (κ2) is 10.9. The minimum Gasteiger partial charge on any atom is -0.392 e. The first-order valence-corrected chi connectivity index (χ1v) is 11.3. The molecule has 1 aromatic heterocycles. The number of hydrogen-bond acceptors (Lipinski definition) is 4. The molecule has 2 unspecified atom stereocenters. The van der Waals surface area contributed by atoms with Crippen LogP contribution in [0.3, 0.4) is 0 Å². The first kappa shape index (κ1) is 22.0. The summed E-state index contributed by atoms with van der Waals surface area (Å²) >= 11 is 0. The van der Waals surface area contributed by atoms with Gasteiger partial charge in [-0.1, -0.05) is 50.0 Å². The molecule has 1 saturated carbocycles. The Morgan fingerprint density at radius 3 is 2.97 bits per heavy atom. The fraction of sp³-hybridized carbons (Fsp3) is 0.667. The van der Waals surface area contributed by atoms with E-state index in [1.807, 2.05) is 6.08 Å². The molecule has 160 valence electrons. The Balaban J connectivity index is 1.40. The van der Waals surface area contributed by atoms with E-state index in [1.54, 1.807) is 23.3 Å². The first-order valence-electron chi connectivity index (χ1n) is 11.3. The van der Waals surface area contributed by atoms with Gasteiger partial charge in [-0.15, -0.1) is 0 Å². The Kier molecular flexibility index (Phi) is 8.25. The van der Waals surface area contributed by atoms with Crippen molar-refractivity contribution in [2.24, 2.45) is 17.8 Å². The van der Waals surface area contributed by atoms with Gasteiger partial charge in [0.1, 0.15) is 6.33 Å². The van der Waals surface area contributed by atoms with Gasteiger partial charge in [0.05, 0.1) is 12.2 Å². The Labute approximate surface area is 174 Å². The summed E-state index contributed by atoms with van der Waals surface area (Å²) in [5.41, 5.74) is 1.48. The zero-order valence-electron chi connectivity index (χ0n) is 17.6. The largest absolute Gasteiger partial charge is 0.392 e. The highest BCUT2D eigenvalue weighted by atomic mass is 16.3. The summed E-state index contributed by atoms with van der Waals surface area (Å²) in [6, 6.07) is 0. The molecule has 0 aliphatic heterocycles. The Morgan fingerprint density at radius 2 is 2.21 bits per heavy atom. The van der Waals surface area contributed by atoms with Gasteiger partial charge in [-0.25, -0.2) is 4.98 Å². The molecule has 0 amide bonds. The van der Waals surface area contributed by atoms with Crippen molar-refractivity contribution in [2.75, 3.05) is 0 Å². The lowest BCUT2D eigenvalue weighted by Crippen LogP contribution is -2.18. The van der Waals surface area contributed by atoms with Crippen molar-refractivity contribution >= 4 is 5.91 Å². The van der Waals surface area contributed by atoms with E-state index in [2.05, 4.69) is 24.1 Å². The molecule has 0 aromatic carbocycles. The summed E-state index contributed by atoms with van der Waals surface area (Å²) in [5.74, 6) is 1.18. The van der Waals surface area contributed by atoms with Crippen LogP contribution in [0, 0.1) is 17.8 Å². The molecule has 0 spiro atoms. The molecule has 0 saturated heterocycles. The lowest BCUT2D eigenvalue weighted by Gasteiger charge is -2.19. The van der Waals surface area contributed by atoms with E-state index in [0.29, 0.717) is 18.3 Å². The summed E-state index contributed by atoms with van der Waals surface area (Å²) < 4.78 is 1.55. The molecule has 5 nitrogen and oxygen atoms in total. The maximum atomic E-state index is 12.0. The fourth-order valence-corrected chi connectivity index (χ4v) is 4.91. The highest BCUT2D eigenvalue weighted by Gasteiger charge is 2.43. The second-order valence-electron chi connectivity index (χ2n) is 8.76. The van der Waals surface area contributed by atoms with Crippen LogP contribution in [-0.2, 0) is 0 Å². The predicted octanol–water partition coefficient (Wildman–Crippen LogP) is 4.52. The fourth-order valence-electron chi connectivity index (χ4n) is 4.91. The number of aromatic nitrogens is 2. The highest BCUT2D eigenvalue weighted by Crippen LogP contribution is 2.48. The zero-order valence-corrected chi connectivity index (χ0v) is 17.6. The highest BCUT2D eigenvalue weighted by molar-refractivity contribution is 5.78. The molecule has 0 bridgehead atoms. The number of carbonyl (C=O) groups excluding carboxylic acids is 1. The third kappa shape index (κ3) is 6.13. The number of imidazole rings is 1. The molecule has 3 rings (SSSR count). The molecule has 2 N–H and O–H groups in total. The Bertz CT molecular complexity index is 695. The van der Waals surface area contributed by atoms with Crippen molar-refractivity contribution in [2.45, 2.75) is 83.3 Å². The van der Waals surface area contributed by atoms with Gasteiger partial charge in [0.25, 0.3) is 0 Å². The van der Waals surface area contributed by atoms with E-state index in [4.69, 9.17) is 0 Å². The SMILES string of the molecule is CCCCC[C@H](O)C=CC1[C@H]2CC(CCCCC(=O)n3ccnc3)=CC2C[C@H]1O. The quantitative estimate of drug-likeness (QED) is 0.423. The van der Waals surface area contributed by atoms with Gasteiger partial charge in [-0.3, -0.25) is 9.36 Å². The summed E-state index contributed by atoms with van der Waals surface area (Å²) in [6.45, 7) is 2.17. The average Bonchev–Trinajstić information content (AvgIpc) is 3.41. The minimum atomic E-state index is -0.394. The molecule has 2 aliphatic rings. The lowest BCUT2D eigenvalue weighted by molar-refractivity contribution is 0.0899. The van der Waals surface area contributed by atoms with Gasteiger partial charge in [-0.05, 0) is 50.4 Å². The molecule has 0 radical (unpaired) electrons. The number of nitrogens with zero attached hydrogens (tertiary/aromatic N) is 2. The molecular weight excluding hydrogens is 364 g/mol. The van der Waals surface area contributed by atoms with Crippen LogP contribution in [0.5, 0.6) is 0 Å². The van der Waals surface area contributed by atoms with E-state index in [-0.39, 0.29) is 17.9 Å². The maximum Gasteiger partial charge on any atom is 0.231 e. The normalized spacial score (nSPS) is 27.3. The van der Waals surface area contributed by atoms with Crippen LogP contribution in [0.2, 0.25) is 0 Å². The number of fused-ring (bicyclic) bond motifs is 1. The molecule has 1 aromatic rings.